The Labute approximate surface area is 117 Å². The first-order valence-electron chi connectivity index (χ1n) is 5.91. The Balaban J connectivity index is 2.38. The molecule has 20 heavy (non-hydrogen) atoms. The van der Waals surface area contributed by atoms with Gasteiger partial charge in [0.2, 0.25) is 0 Å². The molecule has 4 nitrogen and oxygen atoms in total. The van der Waals surface area contributed by atoms with Gasteiger partial charge in [-0.25, -0.2) is 12.8 Å². The molecule has 0 saturated carbocycles. The van der Waals surface area contributed by atoms with Crippen LogP contribution in [-0.4, -0.2) is 20.5 Å². The molecule has 0 aliphatic carbocycles. The average Bonchev–Trinajstić information content (AvgIpc) is 2.37. The van der Waals surface area contributed by atoms with Crippen molar-refractivity contribution in [2.24, 2.45) is 0 Å². The van der Waals surface area contributed by atoms with E-state index in [0.717, 1.165) is 6.07 Å². The molecule has 1 aromatic carbocycles. The summed E-state index contributed by atoms with van der Waals surface area (Å²) in [6.45, 7) is 1.74. The van der Waals surface area contributed by atoms with E-state index in [1.807, 2.05) is 0 Å². The van der Waals surface area contributed by atoms with E-state index in [2.05, 4.69) is 4.98 Å². The number of hydrogen-bond acceptors (Lipinski definition) is 4. The van der Waals surface area contributed by atoms with Crippen molar-refractivity contribution in [2.45, 2.75) is 17.6 Å². The van der Waals surface area contributed by atoms with Gasteiger partial charge in [-0.15, -0.1) is 0 Å². The molecule has 0 spiro atoms. The number of benzene rings is 1. The fourth-order valence-corrected chi connectivity index (χ4v) is 3.21. The van der Waals surface area contributed by atoms with Crippen molar-refractivity contribution in [3.05, 3.63) is 53.6 Å². The van der Waals surface area contributed by atoms with Gasteiger partial charge in [0.25, 0.3) is 0 Å². The molecule has 6 heteroatoms. The molecular weight excluding hydrogens is 281 g/mol. The first-order chi connectivity index (χ1) is 9.42. The van der Waals surface area contributed by atoms with Crippen LogP contribution in [0, 0.1) is 12.7 Å². The Morgan fingerprint density at radius 3 is 2.60 bits per heavy atom. The minimum Gasteiger partial charge on any atom is -0.497 e. The van der Waals surface area contributed by atoms with E-state index >= 15 is 0 Å². The van der Waals surface area contributed by atoms with Gasteiger partial charge in [0, 0.05) is 17.8 Å². The highest BCUT2D eigenvalue weighted by Gasteiger charge is 2.20. The molecule has 0 amide bonds. The molecule has 0 N–H and O–H groups in total. The maximum absolute atomic E-state index is 13.6. The second kappa shape index (κ2) is 5.58. The number of aryl methyl sites for hydroxylation is 1. The summed E-state index contributed by atoms with van der Waals surface area (Å²) in [5, 5.41) is 0. The first-order valence-corrected chi connectivity index (χ1v) is 7.56. The Morgan fingerprint density at radius 2 is 1.95 bits per heavy atom. The summed E-state index contributed by atoms with van der Waals surface area (Å²) in [6.07, 6.45) is 0. The number of methoxy groups -OCH3 is 1. The highest BCUT2D eigenvalue weighted by Crippen LogP contribution is 2.21. The molecule has 0 saturated heterocycles. The predicted molar refractivity (Wildman–Crippen MR) is 72.8 cm³/mol. The van der Waals surface area contributed by atoms with Gasteiger partial charge in [0.1, 0.15) is 16.5 Å². The third-order valence-corrected chi connectivity index (χ3v) is 4.40. The van der Waals surface area contributed by atoms with Crippen LogP contribution < -0.4 is 4.74 Å². The van der Waals surface area contributed by atoms with Crippen molar-refractivity contribution in [1.82, 2.24) is 4.98 Å². The van der Waals surface area contributed by atoms with Crippen molar-refractivity contribution < 1.29 is 17.5 Å². The van der Waals surface area contributed by atoms with E-state index in [0.29, 0.717) is 17.1 Å². The highest BCUT2D eigenvalue weighted by atomic mass is 32.2. The summed E-state index contributed by atoms with van der Waals surface area (Å²) in [5.74, 6) is -0.602. The van der Waals surface area contributed by atoms with Gasteiger partial charge in [-0.2, -0.15) is 0 Å². The Kier molecular flexibility index (Phi) is 4.04. The van der Waals surface area contributed by atoms with Crippen LogP contribution in [0.5, 0.6) is 5.75 Å². The number of sulfone groups is 1. The highest BCUT2D eigenvalue weighted by molar-refractivity contribution is 7.90. The van der Waals surface area contributed by atoms with E-state index in [4.69, 9.17) is 4.74 Å². The molecule has 0 bridgehead atoms. The molecule has 0 unspecified atom stereocenters. The average molecular weight is 295 g/mol. The van der Waals surface area contributed by atoms with Gasteiger partial charge in [0.15, 0.2) is 9.84 Å². The fourth-order valence-electron chi connectivity index (χ4n) is 1.86. The van der Waals surface area contributed by atoms with E-state index in [-0.39, 0.29) is 10.6 Å². The third-order valence-electron chi connectivity index (χ3n) is 2.73. The third kappa shape index (κ3) is 3.14. The summed E-state index contributed by atoms with van der Waals surface area (Å²) in [4.78, 5) is 3.82. The van der Waals surface area contributed by atoms with E-state index in [9.17, 15) is 12.8 Å². The van der Waals surface area contributed by atoms with Crippen molar-refractivity contribution in [3.8, 4) is 5.75 Å². The van der Waals surface area contributed by atoms with Crippen molar-refractivity contribution in [3.63, 3.8) is 0 Å². The first kappa shape index (κ1) is 14.5. The molecule has 0 fully saturated rings. The zero-order valence-corrected chi connectivity index (χ0v) is 11.9. The Bertz CT molecular complexity index is 729. The summed E-state index contributed by atoms with van der Waals surface area (Å²) in [6, 6.07) is 8.53. The van der Waals surface area contributed by atoms with E-state index in [1.54, 1.807) is 13.0 Å². The lowest BCUT2D eigenvalue weighted by molar-refractivity contribution is 0.413. The lowest BCUT2D eigenvalue weighted by Crippen LogP contribution is -2.09. The topological polar surface area (TPSA) is 56.3 Å². The predicted octanol–water partition coefficient (Wildman–Crippen LogP) is 2.51. The minimum absolute atomic E-state index is 0.317. The molecular formula is C14H14FNO3S. The number of hydrogen-bond donors (Lipinski definition) is 0. The number of halogens is 1. The molecule has 2 aromatic rings. The number of aromatic nitrogens is 1. The largest absolute Gasteiger partial charge is 0.497 e. The van der Waals surface area contributed by atoms with Crippen molar-refractivity contribution >= 4 is 9.84 Å². The summed E-state index contributed by atoms with van der Waals surface area (Å²) >= 11 is 0. The fraction of sp³-hybridized carbons (Fsp3) is 0.214. The summed E-state index contributed by atoms with van der Waals surface area (Å²) in [7, 11) is -2.29. The second-order valence-electron chi connectivity index (χ2n) is 4.33. The SMILES string of the molecule is COc1cc(C)nc(CS(=O)(=O)c2ccccc2F)c1. The minimum atomic E-state index is -3.78. The van der Waals surface area contributed by atoms with E-state index < -0.39 is 15.7 Å². The van der Waals surface area contributed by atoms with Crippen LogP contribution in [0.25, 0.3) is 0 Å². The second-order valence-corrected chi connectivity index (χ2v) is 6.29. The van der Waals surface area contributed by atoms with Crippen LogP contribution in [0.1, 0.15) is 11.4 Å². The molecule has 0 atom stereocenters. The van der Waals surface area contributed by atoms with Gasteiger partial charge >= 0.3 is 0 Å². The molecule has 106 valence electrons. The van der Waals surface area contributed by atoms with Crippen LogP contribution in [0.15, 0.2) is 41.3 Å². The number of pyridine rings is 1. The Morgan fingerprint density at radius 1 is 1.25 bits per heavy atom. The van der Waals surface area contributed by atoms with Crippen molar-refractivity contribution in [1.29, 1.82) is 0 Å². The van der Waals surface area contributed by atoms with Crippen LogP contribution in [0.2, 0.25) is 0 Å². The van der Waals surface area contributed by atoms with Gasteiger partial charge < -0.3 is 4.74 Å². The standard InChI is InChI=1S/C14H14FNO3S/c1-10-7-12(19-2)8-11(16-10)9-20(17,18)14-6-4-3-5-13(14)15/h3-8H,9H2,1-2H3. The summed E-state index contributed by atoms with van der Waals surface area (Å²) < 4.78 is 43.1. The van der Waals surface area contributed by atoms with Crippen LogP contribution in [-0.2, 0) is 15.6 Å². The molecule has 0 aliphatic rings. The Hall–Kier alpha value is -1.95. The maximum Gasteiger partial charge on any atom is 0.186 e. The van der Waals surface area contributed by atoms with Crippen LogP contribution >= 0.6 is 0 Å². The van der Waals surface area contributed by atoms with Gasteiger partial charge in [-0.1, -0.05) is 12.1 Å². The lowest BCUT2D eigenvalue weighted by Gasteiger charge is -2.08. The monoisotopic (exact) mass is 295 g/mol. The van der Waals surface area contributed by atoms with Crippen molar-refractivity contribution in [2.75, 3.05) is 7.11 Å². The molecule has 1 heterocycles. The normalized spacial score (nSPS) is 11.3. The van der Waals surface area contributed by atoms with Crippen LogP contribution in [0.4, 0.5) is 4.39 Å². The van der Waals surface area contributed by atoms with Crippen LogP contribution in [0.3, 0.4) is 0 Å². The van der Waals surface area contributed by atoms with Gasteiger partial charge in [0.05, 0.1) is 18.6 Å². The molecule has 2 rings (SSSR count). The number of ether oxygens (including phenoxy) is 1. The van der Waals surface area contributed by atoms with E-state index in [1.165, 1.54) is 31.4 Å². The number of nitrogens with zero attached hydrogens (tertiary/aromatic N) is 1. The lowest BCUT2D eigenvalue weighted by atomic mass is 10.3. The van der Waals surface area contributed by atoms with Gasteiger partial charge in [-0.05, 0) is 19.1 Å². The molecule has 0 aliphatic heterocycles. The number of rotatable bonds is 4. The molecule has 0 radical (unpaired) electrons. The zero-order chi connectivity index (χ0) is 14.8. The quantitative estimate of drug-likeness (QED) is 0.869. The zero-order valence-electron chi connectivity index (χ0n) is 11.1. The smallest absolute Gasteiger partial charge is 0.186 e. The molecule has 1 aromatic heterocycles. The summed E-state index contributed by atoms with van der Waals surface area (Å²) in [5.41, 5.74) is 0.966. The maximum atomic E-state index is 13.6. The van der Waals surface area contributed by atoms with Gasteiger partial charge in [-0.3, -0.25) is 4.98 Å².